The quantitative estimate of drug-likeness (QED) is 0.832. The predicted molar refractivity (Wildman–Crippen MR) is 96.1 cm³/mol. The van der Waals surface area contributed by atoms with Gasteiger partial charge >= 0.3 is 0 Å². The molecule has 0 radical (unpaired) electrons. The van der Waals surface area contributed by atoms with Crippen LogP contribution in [0.3, 0.4) is 0 Å². The third kappa shape index (κ3) is 3.00. The fourth-order valence-electron chi connectivity index (χ4n) is 3.99. The Kier molecular flexibility index (Phi) is 4.72. The van der Waals surface area contributed by atoms with E-state index >= 15 is 0 Å². The molecule has 2 heteroatoms. The molecule has 0 aromatic heterocycles. The zero-order valence-electron chi connectivity index (χ0n) is 14.5. The Hall–Kier alpha value is -1.80. The number of benzene rings is 2. The van der Waals surface area contributed by atoms with Crippen molar-refractivity contribution in [1.29, 1.82) is 0 Å². The summed E-state index contributed by atoms with van der Waals surface area (Å²) >= 11 is 0. The summed E-state index contributed by atoms with van der Waals surface area (Å²) in [4.78, 5) is 2.56. The van der Waals surface area contributed by atoms with Crippen LogP contribution in [-0.4, -0.2) is 25.1 Å². The number of likely N-dealkylation sites (tertiary alicyclic amines) is 1. The van der Waals surface area contributed by atoms with Gasteiger partial charge in [-0.25, -0.2) is 0 Å². The van der Waals surface area contributed by atoms with Crippen molar-refractivity contribution in [1.82, 2.24) is 4.90 Å². The number of fused-ring (bicyclic) bond motifs is 2. The molecule has 1 saturated heterocycles. The highest BCUT2D eigenvalue weighted by molar-refractivity contribution is 5.46. The van der Waals surface area contributed by atoms with Gasteiger partial charge in [0.05, 0.1) is 7.11 Å². The van der Waals surface area contributed by atoms with Gasteiger partial charge in [-0.15, -0.1) is 0 Å². The van der Waals surface area contributed by atoms with Crippen molar-refractivity contribution >= 4 is 0 Å². The SMILES string of the molecule is CC.COc1ccc2c(c1)C1(CC2)CN(Cc2ccccc2)C1. The molecular weight excluding hydrogens is 282 g/mol. The van der Waals surface area contributed by atoms with Gasteiger partial charge in [0, 0.05) is 25.0 Å². The number of hydrogen-bond donors (Lipinski definition) is 0. The van der Waals surface area contributed by atoms with E-state index in [1.54, 1.807) is 7.11 Å². The lowest BCUT2D eigenvalue weighted by Gasteiger charge is -2.49. The highest BCUT2D eigenvalue weighted by atomic mass is 16.5. The molecule has 0 N–H and O–H groups in total. The van der Waals surface area contributed by atoms with Gasteiger partial charge in [-0.3, -0.25) is 4.90 Å². The topological polar surface area (TPSA) is 12.5 Å². The molecule has 1 spiro atoms. The molecule has 1 aliphatic carbocycles. The monoisotopic (exact) mass is 309 g/mol. The number of rotatable bonds is 3. The van der Waals surface area contributed by atoms with Crippen LogP contribution in [0.5, 0.6) is 5.75 Å². The van der Waals surface area contributed by atoms with Crippen LogP contribution in [0.15, 0.2) is 48.5 Å². The summed E-state index contributed by atoms with van der Waals surface area (Å²) in [5.74, 6) is 0.997. The third-order valence-corrected chi connectivity index (χ3v) is 5.06. The zero-order chi connectivity index (χ0) is 16.3. The molecule has 2 aliphatic rings. The second-order valence-electron chi connectivity index (χ2n) is 6.43. The number of aryl methyl sites for hydroxylation is 1. The van der Waals surface area contributed by atoms with Gasteiger partial charge in [-0.05, 0) is 41.7 Å². The first-order chi connectivity index (χ1) is 11.3. The Bertz CT molecular complexity index is 644. The lowest BCUT2D eigenvalue weighted by atomic mass is 9.74. The molecule has 2 nitrogen and oxygen atoms in total. The predicted octanol–water partition coefficient (Wildman–Crippen LogP) is 4.42. The molecule has 0 amide bonds. The number of methoxy groups -OCH3 is 1. The largest absolute Gasteiger partial charge is 0.497 e. The van der Waals surface area contributed by atoms with E-state index in [2.05, 4.69) is 53.4 Å². The summed E-state index contributed by atoms with van der Waals surface area (Å²) in [7, 11) is 1.76. The van der Waals surface area contributed by atoms with E-state index < -0.39 is 0 Å². The van der Waals surface area contributed by atoms with Crippen LogP contribution in [0.1, 0.15) is 37.0 Å². The molecule has 122 valence electrons. The molecule has 0 unspecified atom stereocenters. The normalized spacial score (nSPS) is 17.9. The highest BCUT2D eigenvalue weighted by Gasteiger charge is 2.47. The standard InChI is InChI=1S/C19H21NO.C2H6/c1-21-17-8-7-16-9-10-19(18(16)11-17)13-20(14-19)12-15-5-3-2-4-6-15;1-2/h2-8,11H,9-10,12-14H2,1H3;1-2H3. The van der Waals surface area contributed by atoms with Gasteiger partial charge in [-0.2, -0.15) is 0 Å². The summed E-state index contributed by atoms with van der Waals surface area (Å²) in [6.45, 7) is 7.44. The maximum Gasteiger partial charge on any atom is 0.119 e. The summed E-state index contributed by atoms with van der Waals surface area (Å²) in [5, 5.41) is 0. The molecule has 2 aromatic carbocycles. The first-order valence-corrected chi connectivity index (χ1v) is 8.73. The Morgan fingerprint density at radius 2 is 1.78 bits per heavy atom. The Labute approximate surface area is 140 Å². The minimum Gasteiger partial charge on any atom is -0.497 e. The maximum absolute atomic E-state index is 5.41. The summed E-state index contributed by atoms with van der Waals surface area (Å²) in [5.41, 5.74) is 4.86. The van der Waals surface area contributed by atoms with Gasteiger partial charge in [0.15, 0.2) is 0 Å². The second kappa shape index (κ2) is 6.76. The Balaban J connectivity index is 0.000000753. The van der Waals surface area contributed by atoms with Crippen LogP contribution in [0, 0.1) is 0 Å². The molecule has 1 heterocycles. The van der Waals surface area contributed by atoms with Crippen molar-refractivity contribution in [3.63, 3.8) is 0 Å². The highest BCUT2D eigenvalue weighted by Crippen LogP contribution is 2.46. The van der Waals surface area contributed by atoms with E-state index in [0.29, 0.717) is 5.41 Å². The van der Waals surface area contributed by atoms with E-state index in [4.69, 9.17) is 4.74 Å². The molecule has 1 aliphatic heterocycles. The number of hydrogen-bond acceptors (Lipinski definition) is 2. The van der Waals surface area contributed by atoms with Crippen LogP contribution >= 0.6 is 0 Å². The smallest absolute Gasteiger partial charge is 0.119 e. The average molecular weight is 309 g/mol. The van der Waals surface area contributed by atoms with Gasteiger partial charge in [0.2, 0.25) is 0 Å². The van der Waals surface area contributed by atoms with Gasteiger partial charge < -0.3 is 4.74 Å². The van der Waals surface area contributed by atoms with Gasteiger partial charge in [-0.1, -0.05) is 50.2 Å². The van der Waals surface area contributed by atoms with Crippen molar-refractivity contribution in [3.05, 3.63) is 65.2 Å². The molecule has 1 fully saturated rings. The molecule has 23 heavy (non-hydrogen) atoms. The van der Waals surface area contributed by atoms with Crippen LogP contribution in [0.4, 0.5) is 0 Å². The summed E-state index contributed by atoms with van der Waals surface area (Å²) in [6.07, 6.45) is 2.51. The fraction of sp³-hybridized carbons (Fsp3) is 0.429. The van der Waals surface area contributed by atoms with Crippen molar-refractivity contribution in [2.75, 3.05) is 20.2 Å². The van der Waals surface area contributed by atoms with Crippen molar-refractivity contribution in [2.45, 2.75) is 38.6 Å². The van der Waals surface area contributed by atoms with E-state index in [-0.39, 0.29) is 0 Å². The van der Waals surface area contributed by atoms with E-state index in [1.165, 1.54) is 42.6 Å². The number of ether oxygens (including phenoxy) is 1. The van der Waals surface area contributed by atoms with Crippen LogP contribution in [0.2, 0.25) is 0 Å². The maximum atomic E-state index is 5.41. The Morgan fingerprint density at radius 1 is 1.04 bits per heavy atom. The number of nitrogens with zero attached hydrogens (tertiary/aromatic N) is 1. The van der Waals surface area contributed by atoms with Crippen LogP contribution < -0.4 is 4.74 Å². The molecule has 4 rings (SSSR count). The Morgan fingerprint density at radius 3 is 2.48 bits per heavy atom. The van der Waals surface area contributed by atoms with E-state index in [9.17, 15) is 0 Å². The summed E-state index contributed by atoms with van der Waals surface area (Å²) in [6, 6.07) is 17.4. The zero-order valence-corrected chi connectivity index (χ0v) is 14.5. The minimum atomic E-state index is 0.388. The molecule has 0 bridgehead atoms. The van der Waals surface area contributed by atoms with Crippen LogP contribution in [-0.2, 0) is 18.4 Å². The molecular formula is C21H27NO. The minimum absolute atomic E-state index is 0.388. The first kappa shape index (κ1) is 16.1. The van der Waals surface area contributed by atoms with Gasteiger partial charge in [0.1, 0.15) is 5.75 Å². The molecule has 0 atom stereocenters. The summed E-state index contributed by atoms with van der Waals surface area (Å²) < 4.78 is 5.41. The lowest BCUT2D eigenvalue weighted by molar-refractivity contribution is 0.0582. The van der Waals surface area contributed by atoms with Gasteiger partial charge in [0.25, 0.3) is 0 Å². The fourth-order valence-corrected chi connectivity index (χ4v) is 3.99. The van der Waals surface area contributed by atoms with Crippen LogP contribution in [0.25, 0.3) is 0 Å². The average Bonchev–Trinajstić information content (AvgIpc) is 2.96. The van der Waals surface area contributed by atoms with Crippen molar-refractivity contribution in [3.8, 4) is 5.75 Å². The molecule has 0 saturated carbocycles. The lowest BCUT2D eigenvalue weighted by Crippen LogP contribution is -2.57. The second-order valence-corrected chi connectivity index (χ2v) is 6.43. The van der Waals surface area contributed by atoms with E-state index in [1.807, 2.05) is 13.8 Å². The molecule has 2 aromatic rings. The third-order valence-electron chi connectivity index (χ3n) is 5.06. The van der Waals surface area contributed by atoms with Crippen molar-refractivity contribution < 1.29 is 4.74 Å². The van der Waals surface area contributed by atoms with E-state index in [0.717, 1.165) is 12.3 Å². The first-order valence-electron chi connectivity index (χ1n) is 8.73. The van der Waals surface area contributed by atoms with Crippen molar-refractivity contribution in [2.24, 2.45) is 0 Å².